The van der Waals surface area contributed by atoms with Gasteiger partial charge >= 0.3 is 17.9 Å². The van der Waals surface area contributed by atoms with Crippen molar-refractivity contribution < 1.29 is 28.6 Å². The Morgan fingerprint density at radius 1 is 0.266 bits per heavy atom. The van der Waals surface area contributed by atoms with Gasteiger partial charge in [0.2, 0.25) is 0 Å². The highest BCUT2D eigenvalue weighted by atomic mass is 16.6. The van der Waals surface area contributed by atoms with Gasteiger partial charge < -0.3 is 14.2 Å². The van der Waals surface area contributed by atoms with Crippen molar-refractivity contribution in [2.75, 3.05) is 13.2 Å². The number of hydrogen-bond acceptors (Lipinski definition) is 6. The molecule has 0 saturated heterocycles. The van der Waals surface area contributed by atoms with E-state index in [2.05, 4.69) is 118 Å². The maximum Gasteiger partial charge on any atom is 0.306 e. The quantitative estimate of drug-likeness (QED) is 0.0261. The predicted molar refractivity (Wildman–Crippen MR) is 344 cm³/mol. The van der Waals surface area contributed by atoms with E-state index in [-0.39, 0.29) is 31.1 Å². The molecule has 0 fully saturated rings. The van der Waals surface area contributed by atoms with Gasteiger partial charge in [-0.3, -0.25) is 14.4 Å². The molecule has 79 heavy (non-hydrogen) atoms. The molecular formula is C73H126O6. The summed E-state index contributed by atoms with van der Waals surface area (Å²) >= 11 is 0. The van der Waals surface area contributed by atoms with Crippen LogP contribution in [0, 0.1) is 0 Å². The van der Waals surface area contributed by atoms with Gasteiger partial charge in [0.25, 0.3) is 0 Å². The van der Waals surface area contributed by atoms with Crippen LogP contribution in [0.2, 0.25) is 0 Å². The molecule has 0 aromatic rings. The van der Waals surface area contributed by atoms with Crippen molar-refractivity contribution in [3.63, 3.8) is 0 Å². The smallest absolute Gasteiger partial charge is 0.306 e. The van der Waals surface area contributed by atoms with Gasteiger partial charge in [0.15, 0.2) is 6.10 Å². The van der Waals surface area contributed by atoms with Crippen molar-refractivity contribution in [2.24, 2.45) is 0 Å². The normalized spacial score (nSPS) is 12.7. The Balaban J connectivity index is 4.34. The van der Waals surface area contributed by atoms with Crippen LogP contribution >= 0.6 is 0 Å². The first-order valence-corrected chi connectivity index (χ1v) is 33.7. The van der Waals surface area contributed by atoms with Crippen LogP contribution in [0.4, 0.5) is 0 Å². The van der Waals surface area contributed by atoms with Crippen LogP contribution in [0.15, 0.2) is 97.2 Å². The summed E-state index contributed by atoms with van der Waals surface area (Å²) < 4.78 is 17.0. The average molecular weight is 1100 g/mol. The van der Waals surface area contributed by atoms with Crippen molar-refractivity contribution in [3.8, 4) is 0 Å². The lowest BCUT2D eigenvalue weighted by atomic mass is 10.0. The Bertz CT molecular complexity index is 1540. The molecule has 0 spiro atoms. The SMILES string of the molecule is CC/C=C\C/C=C\C/C=C\C/C=C\CCCCCCCCCCCCCCC(=O)OCC(COC(=O)CCCCCCCCCCCCCCCCC)OC(=O)CCCCCCCCCC/C=C\C/C=C\C/C=C\C/C=C\CC. The number of carbonyl (C=O) groups is 3. The summed E-state index contributed by atoms with van der Waals surface area (Å²) in [6, 6.07) is 0. The highest BCUT2D eigenvalue weighted by Gasteiger charge is 2.19. The van der Waals surface area contributed by atoms with Gasteiger partial charge in [0.1, 0.15) is 13.2 Å². The number of carbonyl (C=O) groups excluding carboxylic acids is 3. The molecule has 1 atom stereocenters. The van der Waals surface area contributed by atoms with Gasteiger partial charge in [-0.15, -0.1) is 0 Å². The second-order valence-corrected chi connectivity index (χ2v) is 22.3. The summed E-state index contributed by atoms with van der Waals surface area (Å²) in [6.07, 6.45) is 89.9. The molecule has 0 saturated carbocycles. The third kappa shape index (κ3) is 65.0. The highest BCUT2D eigenvalue weighted by molar-refractivity contribution is 5.71. The molecule has 0 aliphatic carbocycles. The summed E-state index contributed by atoms with van der Waals surface area (Å²) in [5, 5.41) is 0. The molecule has 1 unspecified atom stereocenters. The third-order valence-corrected chi connectivity index (χ3v) is 14.6. The fourth-order valence-electron chi connectivity index (χ4n) is 9.60. The van der Waals surface area contributed by atoms with Crippen LogP contribution < -0.4 is 0 Å². The Morgan fingerprint density at radius 3 is 0.772 bits per heavy atom. The largest absolute Gasteiger partial charge is 0.462 e. The van der Waals surface area contributed by atoms with Crippen molar-refractivity contribution in [2.45, 2.75) is 335 Å². The number of esters is 3. The zero-order valence-electron chi connectivity index (χ0n) is 52.1. The molecule has 0 radical (unpaired) electrons. The fraction of sp³-hybridized carbons (Fsp3) is 0.740. The maximum absolute atomic E-state index is 12.9. The van der Waals surface area contributed by atoms with Gasteiger partial charge in [-0.25, -0.2) is 0 Å². The van der Waals surface area contributed by atoms with Crippen molar-refractivity contribution in [1.82, 2.24) is 0 Å². The summed E-state index contributed by atoms with van der Waals surface area (Å²) in [5.41, 5.74) is 0. The molecule has 0 bridgehead atoms. The van der Waals surface area contributed by atoms with Crippen molar-refractivity contribution in [3.05, 3.63) is 97.2 Å². The van der Waals surface area contributed by atoms with Crippen LogP contribution in [-0.4, -0.2) is 37.2 Å². The van der Waals surface area contributed by atoms with E-state index in [1.54, 1.807) is 0 Å². The first kappa shape index (κ1) is 75.3. The minimum absolute atomic E-state index is 0.0778. The molecule has 0 N–H and O–H groups in total. The first-order valence-electron chi connectivity index (χ1n) is 33.7. The Morgan fingerprint density at radius 2 is 0.494 bits per heavy atom. The molecule has 0 aromatic heterocycles. The fourth-order valence-corrected chi connectivity index (χ4v) is 9.60. The Labute approximate surface area is 489 Å². The minimum Gasteiger partial charge on any atom is -0.462 e. The Hall–Kier alpha value is -3.67. The lowest BCUT2D eigenvalue weighted by Gasteiger charge is -2.18. The van der Waals surface area contributed by atoms with Crippen LogP contribution in [0.5, 0.6) is 0 Å². The van der Waals surface area contributed by atoms with Gasteiger partial charge in [-0.05, 0) is 96.3 Å². The van der Waals surface area contributed by atoms with Crippen LogP contribution in [0.3, 0.4) is 0 Å². The molecule has 6 heteroatoms. The number of hydrogen-bond donors (Lipinski definition) is 0. The van der Waals surface area contributed by atoms with Crippen molar-refractivity contribution >= 4 is 17.9 Å². The third-order valence-electron chi connectivity index (χ3n) is 14.6. The van der Waals surface area contributed by atoms with Gasteiger partial charge in [0.05, 0.1) is 0 Å². The van der Waals surface area contributed by atoms with E-state index in [1.165, 1.54) is 173 Å². The standard InChI is InChI=1S/C73H126O6/c1-4-7-10-13-16-19-22-25-28-30-32-34-35-36-37-39-40-42-45-48-51-54-57-60-63-66-72(75)78-69-70(68-77-71(74)65-62-59-56-53-50-47-44-27-24-21-18-15-12-9-6-3)79-73(76)67-64-61-58-55-52-49-46-43-41-38-33-31-29-26-23-20-17-14-11-8-5-2/h7-8,10-11,16-17,19-20,25-26,28-29,32-34,38,70H,4-6,9,12-15,18,21-24,27,30-31,35-37,39-69H2,1-3H3/b10-7-,11-8-,19-16-,20-17-,28-25-,29-26-,34-32-,38-33-. The summed E-state index contributed by atoms with van der Waals surface area (Å²) in [6.45, 7) is 6.45. The van der Waals surface area contributed by atoms with Crippen LogP contribution in [0.1, 0.15) is 329 Å². The lowest BCUT2D eigenvalue weighted by Crippen LogP contribution is -2.30. The molecule has 6 nitrogen and oxygen atoms in total. The van der Waals surface area contributed by atoms with E-state index >= 15 is 0 Å². The topological polar surface area (TPSA) is 78.9 Å². The summed E-state index contributed by atoms with van der Waals surface area (Å²) in [5.74, 6) is -0.872. The number of ether oxygens (including phenoxy) is 3. The molecule has 0 aromatic carbocycles. The molecule has 0 aliphatic heterocycles. The second kappa shape index (κ2) is 66.8. The number of rotatable bonds is 61. The van der Waals surface area contributed by atoms with E-state index in [1.807, 2.05) is 0 Å². The van der Waals surface area contributed by atoms with E-state index < -0.39 is 6.10 Å². The van der Waals surface area contributed by atoms with Gasteiger partial charge in [-0.2, -0.15) is 0 Å². The Kier molecular flexibility index (Phi) is 63.7. The van der Waals surface area contributed by atoms with Crippen molar-refractivity contribution in [1.29, 1.82) is 0 Å². The van der Waals surface area contributed by atoms with Gasteiger partial charge in [-0.1, -0.05) is 311 Å². The lowest BCUT2D eigenvalue weighted by molar-refractivity contribution is -0.167. The van der Waals surface area contributed by atoms with E-state index in [9.17, 15) is 14.4 Å². The molecule has 0 heterocycles. The second-order valence-electron chi connectivity index (χ2n) is 22.3. The van der Waals surface area contributed by atoms with Crippen LogP contribution in [-0.2, 0) is 28.6 Å². The molecule has 454 valence electrons. The summed E-state index contributed by atoms with van der Waals surface area (Å²) in [7, 11) is 0. The minimum atomic E-state index is -0.783. The highest BCUT2D eigenvalue weighted by Crippen LogP contribution is 2.17. The summed E-state index contributed by atoms with van der Waals surface area (Å²) in [4.78, 5) is 38.4. The molecule has 0 rings (SSSR count). The van der Waals surface area contributed by atoms with Gasteiger partial charge in [0, 0.05) is 19.3 Å². The monoisotopic (exact) mass is 1100 g/mol. The number of unbranched alkanes of at least 4 members (excludes halogenated alkanes) is 34. The van der Waals surface area contributed by atoms with E-state index in [4.69, 9.17) is 14.2 Å². The zero-order chi connectivity index (χ0) is 57.1. The van der Waals surface area contributed by atoms with E-state index in [0.717, 1.165) is 116 Å². The molecule has 0 aliphatic rings. The molecular weight excluding hydrogens is 973 g/mol. The zero-order valence-corrected chi connectivity index (χ0v) is 52.1. The maximum atomic E-state index is 12.9. The first-order chi connectivity index (χ1) is 39.0. The predicted octanol–water partition coefficient (Wildman–Crippen LogP) is 23.2. The molecule has 0 amide bonds. The van der Waals surface area contributed by atoms with Crippen LogP contribution in [0.25, 0.3) is 0 Å². The van der Waals surface area contributed by atoms with E-state index in [0.29, 0.717) is 19.3 Å². The average Bonchev–Trinajstić information content (AvgIpc) is 3.45. The number of allylic oxidation sites excluding steroid dienone is 16.